The zero-order chi connectivity index (χ0) is 24.0. The highest BCUT2D eigenvalue weighted by Crippen LogP contribution is 2.33. The Kier molecular flexibility index (Phi) is 9.61. The molecule has 0 bridgehead atoms. The van der Waals surface area contributed by atoms with Gasteiger partial charge in [-0.3, -0.25) is 4.79 Å². The summed E-state index contributed by atoms with van der Waals surface area (Å²) in [6.45, 7) is 11.6. The molecule has 1 heterocycles. The second-order valence-electron chi connectivity index (χ2n) is 8.88. The maximum atomic E-state index is 13.5. The van der Waals surface area contributed by atoms with Gasteiger partial charge < -0.3 is 15.0 Å². The highest BCUT2D eigenvalue weighted by Gasteiger charge is 2.26. The number of thioether (sulfide) groups is 1. The van der Waals surface area contributed by atoms with Gasteiger partial charge in [0.15, 0.2) is 0 Å². The van der Waals surface area contributed by atoms with E-state index in [9.17, 15) is 9.00 Å². The average molecular weight is 492 g/mol. The molecule has 1 unspecified atom stereocenters. The standard InChI is InChI=1S/C25H37N3O3S2/c1-6-7-24(32-19(4)18(2)3)26-25(29)22-16-21(33(30)28-12-14-31-15-13-28)10-11-23(22)27(5)17-20-8-9-20/h7,10-11,16,20H,6,8-9,12-15,17H2,1-5H3,(H,26,29)/b24-7+. The number of carbonyl (C=O) groups excluding carboxylic acids is 1. The molecule has 8 heteroatoms. The number of carbonyl (C=O) groups is 1. The second kappa shape index (κ2) is 12.2. The van der Waals surface area contributed by atoms with E-state index in [0.717, 1.165) is 23.7 Å². The van der Waals surface area contributed by atoms with Crippen molar-refractivity contribution in [2.24, 2.45) is 5.92 Å². The van der Waals surface area contributed by atoms with Crippen LogP contribution in [0, 0.1) is 5.92 Å². The molecule has 1 aliphatic heterocycles. The number of benzene rings is 1. The first-order valence-electron chi connectivity index (χ1n) is 11.7. The Bertz CT molecular complexity index is 931. The molecule has 3 rings (SSSR count). The van der Waals surface area contributed by atoms with Crippen LogP contribution in [0.1, 0.15) is 57.3 Å². The lowest BCUT2D eigenvalue weighted by molar-refractivity contribution is 0.0752. The van der Waals surface area contributed by atoms with Gasteiger partial charge in [-0.25, -0.2) is 8.51 Å². The molecule has 0 spiro atoms. The molecule has 1 saturated carbocycles. The summed E-state index contributed by atoms with van der Waals surface area (Å²) in [6.07, 6.45) is 5.35. The van der Waals surface area contributed by atoms with Crippen molar-refractivity contribution in [3.63, 3.8) is 0 Å². The molecule has 2 fully saturated rings. The number of nitrogens with zero attached hydrogens (tertiary/aromatic N) is 2. The number of ether oxygens (including phenoxy) is 1. The van der Waals surface area contributed by atoms with Gasteiger partial charge in [-0.1, -0.05) is 30.3 Å². The number of hydrogen-bond donors (Lipinski definition) is 1. The van der Waals surface area contributed by atoms with Crippen molar-refractivity contribution < 1.29 is 13.7 Å². The van der Waals surface area contributed by atoms with E-state index in [4.69, 9.17) is 4.74 Å². The number of allylic oxidation sites excluding steroid dienone is 3. The Morgan fingerprint density at radius 3 is 2.58 bits per heavy atom. The van der Waals surface area contributed by atoms with Crippen LogP contribution in [0.15, 0.2) is 44.7 Å². The molecule has 1 aromatic rings. The zero-order valence-corrected chi connectivity index (χ0v) is 22.1. The van der Waals surface area contributed by atoms with Gasteiger partial charge in [-0.05, 0) is 69.1 Å². The van der Waals surface area contributed by atoms with Crippen molar-refractivity contribution in [1.29, 1.82) is 0 Å². The summed E-state index contributed by atoms with van der Waals surface area (Å²) in [5, 5.41) is 3.95. The second-order valence-corrected chi connectivity index (χ2v) is 11.6. The molecule has 1 amide bonds. The fourth-order valence-electron chi connectivity index (χ4n) is 3.54. The lowest BCUT2D eigenvalue weighted by Gasteiger charge is -2.26. The number of nitrogens with one attached hydrogen (secondary N) is 1. The number of anilines is 1. The first-order chi connectivity index (χ1) is 15.8. The van der Waals surface area contributed by atoms with Crippen LogP contribution in [0.5, 0.6) is 0 Å². The maximum Gasteiger partial charge on any atom is 0.258 e. The van der Waals surface area contributed by atoms with Crippen molar-refractivity contribution in [2.75, 3.05) is 44.8 Å². The summed E-state index contributed by atoms with van der Waals surface area (Å²) in [6, 6.07) is 5.65. The number of morpholine rings is 1. The van der Waals surface area contributed by atoms with Gasteiger partial charge >= 0.3 is 0 Å². The summed E-state index contributed by atoms with van der Waals surface area (Å²) in [4.78, 5) is 17.5. The van der Waals surface area contributed by atoms with Crippen LogP contribution in [0.2, 0.25) is 0 Å². The number of hydrogen-bond acceptors (Lipinski definition) is 5. The van der Waals surface area contributed by atoms with Crippen LogP contribution >= 0.6 is 11.8 Å². The molecule has 0 radical (unpaired) electrons. The first kappa shape index (κ1) is 26.0. The Labute approximate surface area is 205 Å². The molecule has 182 valence electrons. The van der Waals surface area contributed by atoms with E-state index in [-0.39, 0.29) is 5.91 Å². The fraction of sp³-hybridized carbons (Fsp3) is 0.560. The minimum atomic E-state index is -1.32. The van der Waals surface area contributed by atoms with Crippen molar-refractivity contribution >= 4 is 34.3 Å². The number of amides is 1. The van der Waals surface area contributed by atoms with Gasteiger partial charge in [0.1, 0.15) is 11.0 Å². The van der Waals surface area contributed by atoms with E-state index >= 15 is 0 Å². The summed E-state index contributed by atoms with van der Waals surface area (Å²) in [5.41, 5.74) is 2.67. The molecule has 1 aliphatic carbocycles. The summed E-state index contributed by atoms with van der Waals surface area (Å²) < 4.78 is 20.5. The summed E-state index contributed by atoms with van der Waals surface area (Å²) >= 11 is 1.58. The van der Waals surface area contributed by atoms with Gasteiger partial charge in [0, 0.05) is 32.4 Å². The fourth-order valence-corrected chi connectivity index (χ4v) is 5.65. The third-order valence-corrected chi connectivity index (χ3v) is 8.55. The molecule has 0 aromatic heterocycles. The minimum Gasteiger partial charge on any atom is -0.379 e. The van der Waals surface area contributed by atoms with E-state index in [0.29, 0.717) is 42.7 Å². The van der Waals surface area contributed by atoms with Crippen LogP contribution in [0.4, 0.5) is 5.69 Å². The van der Waals surface area contributed by atoms with Gasteiger partial charge in [-0.2, -0.15) is 0 Å². The minimum absolute atomic E-state index is 0.165. The first-order valence-corrected chi connectivity index (χ1v) is 13.7. The molecule has 2 aliphatic rings. The lowest BCUT2D eigenvalue weighted by atomic mass is 10.1. The lowest BCUT2D eigenvalue weighted by Crippen LogP contribution is -2.37. The summed E-state index contributed by atoms with van der Waals surface area (Å²) in [7, 11) is 0.715. The van der Waals surface area contributed by atoms with E-state index in [1.165, 1.54) is 23.3 Å². The molecule has 1 aromatic carbocycles. The van der Waals surface area contributed by atoms with E-state index in [1.807, 2.05) is 35.6 Å². The Hall–Kier alpha value is -1.61. The highest BCUT2D eigenvalue weighted by molar-refractivity contribution is 8.06. The third-order valence-electron chi connectivity index (χ3n) is 5.85. The Morgan fingerprint density at radius 1 is 1.27 bits per heavy atom. The van der Waals surface area contributed by atoms with Crippen molar-refractivity contribution in [3.05, 3.63) is 45.3 Å². The monoisotopic (exact) mass is 491 g/mol. The quantitative estimate of drug-likeness (QED) is 0.504. The highest BCUT2D eigenvalue weighted by atomic mass is 32.2. The normalized spacial score (nSPS) is 18.0. The van der Waals surface area contributed by atoms with Gasteiger partial charge in [-0.15, -0.1) is 0 Å². The van der Waals surface area contributed by atoms with E-state index < -0.39 is 11.0 Å². The van der Waals surface area contributed by atoms with Crippen LogP contribution in [-0.2, 0) is 15.7 Å². The van der Waals surface area contributed by atoms with Crippen molar-refractivity contribution in [1.82, 2.24) is 9.62 Å². The van der Waals surface area contributed by atoms with E-state index in [1.54, 1.807) is 11.8 Å². The molecule has 6 nitrogen and oxygen atoms in total. The van der Waals surface area contributed by atoms with Crippen LogP contribution in [-0.4, -0.2) is 54.3 Å². The molecular weight excluding hydrogens is 454 g/mol. The maximum absolute atomic E-state index is 13.5. The van der Waals surface area contributed by atoms with Crippen molar-refractivity contribution in [2.45, 2.75) is 51.9 Å². The van der Waals surface area contributed by atoms with E-state index in [2.05, 4.69) is 37.9 Å². The predicted molar refractivity (Wildman–Crippen MR) is 139 cm³/mol. The zero-order valence-electron chi connectivity index (χ0n) is 20.5. The Balaban J connectivity index is 1.89. The SMILES string of the molecule is CC/C=C(\NC(=O)c1cc(S(=O)N2CCOCC2)ccc1N(C)CC1CC1)SC(C)=C(C)C. The molecule has 1 saturated heterocycles. The van der Waals surface area contributed by atoms with Gasteiger partial charge in [0.25, 0.3) is 5.91 Å². The Morgan fingerprint density at radius 2 is 1.97 bits per heavy atom. The van der Waals surface area contributed by atoms with Crippen LogP contribution in [0.25, 0.3) is 0 Å². The molecular formula is C25H37N3O3S2. The van der Waals surface area contributed by atoms with Crippen LogP contribution < -0.4 is 10.2 Å². The molecule has 1 atom stereocenters. The summed E-state index contributed by atoms with van der Waals surface area (Å²) in [5.74, 6) is 0.529. The van der Waals surface area contributed by atoms with Crippen LogP contribution in [0.3, 0.4) is 0 Å². The predicted octanol–water partition coefficient (Wildman–Crippen LogP) is 4.92. The average Bonchev–Trinajstić information content (AvgIpc) is 3.62. The number of rotatable bonds is 10. The van der Waals surface area contributed by atoms with Crippen molar-refractivity contribution in [3.8, 4) is 0 Å². The third kappa shape index (κ3) is 7.44. The molecule has 1 N–H and O–H groups in total. The van der Waals surface area contributed by atoms with Gasteiger partial charge in [0.05, 0.1) is 28.7 Å². The van der Waals surface area contributed by atoms with Gasteiger partial charge in [0.2, 0.25) is 0 Å². The molecule has 33 heavy (non-hydrogen) atoms. The smallest absolute Gasteiger partial charge is 0.258 e. The largest absolute Gasteiger partial charge is 0.379 e. The topological polar surface area (TPSA) is 61.9 Å².